The van der Waals surface area contributed by atoms with Crippen molar-refractivity contribution >= 4 is 5.97 Å². The van der Waals surface area contributed by atoms with Crippen molar-refractivity contribution in [1.82, 2.24) is 0 Å². The van der Waals surface area contributed by atoms with Crippen molar-refractivity contribution in [1.29, 1.82) is 5.26 Å². The van der Waals surface area contributed by atoms with Gasteiger partial charge in [-0.15, -0.1) is 0 Å². The van der Waals surface area contributed by atoms with Crippen LogP contribution in [0.15, 0.2) is 42.5 Å². The topological polar surface area (TPSA) is 50.1 Å². The van der Waals surface area contributed by atoms with E-state index in [1.165, 1.54) is 51.0 Å². The summed E-state index contributed by atoms with van der Waals surface area (Å²) in [6.45, 7) is 2.27. The highest BCUT2D eigenvalue weighted by molar-refractivity contribution is 5.91. The van der Waals surface area contributed by atoms with Gasteiger partial charge in [0.25, 0.3) is 0 Å². The quantitative estimate of drug-likeness (QED) is 0.352. The minimum absolute atomic E-state index is 0.209. The van der Waals surface area contributed by atoms with Crippen LogP contribution in [0.5, 0.6) is 5.75 Å². The van der Waals surface area contributed by atoms with Crippen molar-refractivity contribution in [2.75, 3.05) is 0 Å². The highest BCUT2D eigenvalue weighted by Crippen LogP contribution is 2.48. The van der Waals surface area contributed by atoms with E-state index in [4.69, 9.17) is 10.00 Å². The molecule has 2 aliphatic carbocycles. The Morgan fingerprint density at radius 1 is 1.06 bits per heavy atom. The summed E-state index contributed by atoms with van der Waals surface area (Å²) in [6, 6.07) is 13.1. The van der Waals surface area contributed by atoms with Crippen LogP contribution in [-0.4, -0.2) is 5.97 Å². The molecule has 168 valence electrons. The van der Waals surface area contributed by atoms with Gasteiger partial charge >= 0.3 is 5.97 Å². The monoisotopic (exact) mass is 433 g/mol. The van der Waals surface area contributed by atoms with Crippen molar-refractivity contribution in [2.45, 2.75) is 70.6 Å². The molecule has 0 saturated heterocycles. The second-order valence-corrected chi connectivity index (χ2v) is 9.61. The van der Waals surface area contributed by atoms with E-state index in [2.05, 4.69) is 6.92 Å². The molecule has 2 aliphatic rings. The molecule has 1 unspecified atom stereocenters. The molecule has 2 fully saturated rings. The summed E-state index contributed by atoms with van der Waals surface area (Å²) in [5.74, 6) is 2.11. The van der Waals surface area contributed by atoms with Gasteiger partial charge < -0.3 is 4.74 Å². The molecule has 2 aromatic rings. The zero-order valence-corrected chi connectivity index (χ0v) is 18.9. The van der Waals surface area contributed by atoms with Crippen LogP contribution in [0.3, 0.4) is 0 Å². The summed E-state index contributed by atoms with van der Waals surface area (Å²) in [7, 11) is 0. The molecule has 2 saturated carbocycles. The van der Waals surface area contributed by atoms with Crippen molar-refractivity contribution < 1.29 is 13.9 Å². The number of carbonyl (C=O) groups excluding carboxylic acids is 1. The molecular weight excluding hydrogens is 401 g/mol. The van der Waals surface area contributed by atoms with Crippen LogP contribution >= 0.6 is 0 Å². The lowest BCUT2D eigenvalue weighted by Crippen LogP contribution is -2.30. The Bertz CT molecular complexity index is 978. The first-order valence-electron chi connectivity index (χ1n) is 12.1. The number of hydrogen-bond acceptors (Lipinski definition) is 3. The Morgan fingerprint density at radius 3 is 2.53 bits per heavy atom. The molecule has 0 radical (unpaired) electrons. The molecule has 0 bridgehead atoms. The number of nitriles is 1. The third kappa shape index (κ3) is 5.21. The van der Waals surface area contributed by atoms with Crippen LogP contribution in [0.1, 0.15) is 92.1 Å². The Kier molecular flexibility index (Phi) is 7.25. The van der Waals surface area contributed by atoms with Crippen LogP contribution < -0.4 is 4.74 Å². The summed E-state index contributed by atoms with van der Waals surface area (Å²) in [5, 5.41) is 8.86. The SMILES string of the molecule is CCCC[C@H]1CC[C@@H]2CC(c3ccc(C(=O)Oc4ccc(C#N)cc4)cc3F)CC[C@H]2C1. The Labute approximate surface area is 190 Å². The third-order valence-electron chi connectivity index (χ3n) is 7.56. The number of ether oxygens (including phenoxy) is 1. The van der Waals surface area contributed by atoms with Gasteiger partial charge in [0.15, 0.2) is 0 Å². The predicted molar refractivity (Wildman–Crippen MR) is 123 cm³/mol. The van der Waals surface area contributed by atoms with Gasteiger partial charge in [0.05, 0.1) is 17.2 Å². The standard InChI is InChI=1S/C28H32FNO2/c1-2-3-4-19-5-8-22-16-23(10-9-21(22)15-19)26-14-11-24(17-27(26)29)28(31)32-25-12-6-20(18-30)7-13-25/h6-7,11-14,17,19,21-23H,2-5,8-10,15-16H2,1H3/t19-,21-,22+,23?/m0/s1. The molecule has 0 aromatic heterocycles. The molecule has 0 N–H and O–H groups in total. The van der Waals surface area contributed by atoms with E-state index in [1.807, 2.05) is 6.07 Å². The number of hydrogen-bond donors (Lipinski definition) is 0. The molecule has 2 aromatic carbocycles. The van der Waals surface area contributed by atoms with E-state index in [-0.39, 0.29) is 17.3 Å². The van der Waals surface area contributed by atoms with Crippen LogP contribution in [0, 0.1) is 34.9 Å². The maximum Gasteiger partial charge on any atom is 0.343 e. The molecule has 0 amide bonds. The fourth-order valence-electron chi connectivity index (χ4n) is 5.77. The summed E-state index contributed by atoms with van der Waals surface area (Å²) in [6.07, 6.45) is 11.3. The van der Waals surface area contributed by atoms with E-state index in [9.17, 15) is 4.79 Å². The highest BCUT2D eigenvalue weighted by Gasteiger charge is 2.36. The number of carbonyl (C=O) groups is 1. The number of benzene rings is 2. The van der Waals surface area contributed by atoms with Gasteiger partial charge in [0, 0.05) is 0 Å². The number of halogens is 1. The zero-order chi connectivity index (χ0) is 22.5. The van der Waals surface area contributed by atoms with E-state index in [1.54, 1.807) is 36.4 Å². The van der Waals surface area contributed by atoms with Crippen LogP contribution in [0.25, 0.3) is 0 Å². The van der Waals surface area contributed by atoms with Gasteiger partial charge in [-0.1, -0.05) is 38.7 Å². The Morgan fingerprint density at radius 2 is 1.81 bits per heavy atom. The molecule has 3 nitrogen and oxygen atoms in total. The number of nitrogens with zero attached hydrogens (tertiary/aromatic N) is 1. The first kappa shape index (κ1) is 22.5. The minimum atomic E-state index is -0.589. The third-order valence-corrected chi connectivity index (χ3v) is 7.56. The van der Waals surface area contributed by atoms with Crippen molar-refractivity contribution in [2.24, 2.45) is 17.8 Å². The molecule has 0 heterocycles. The first-order valence-corrected chi connectivity index (χ1v) is 12.1. The number of fused-ring (bicyclic) bond motifs is 1. The Hall–Kier alpha value is -2.67. The van der Waals surface area contributed by atoms with Gasteiger partial charge in [-0.05, 0) is 97.7 Å². The lowest BCUT2D eigenvalue weighted by Gasteiger charge is -2.42. The molecule has 4 heteroatoms. The average molecular weight is 434 g/mol. The second-order valence-electron chi connectivity index (χ2n) is 9.61. The number of esters is 1. The molecule has 0 aliphatic heterocycles. The van der Waals surface area contributed by atoms with E-state index in [0.29, 0.717) is 17.2 Å². The average Bonchev–Trinajstić information content (AvgIpc) is 2.82. The Balaban J connectivity index is 1.37. The van der Waals surface area contributed by atoms with Gasteiger partial charge in [-0.2, -0.15) is 5.26 Å². The highest BCUT2D eigenvalue weighted by atomic mass is 19.1. The fraction of sp³-hybridized carbons (Fsp3) is 0.500. The van der Waals surface area contributed by atoms with Gasteiger partial charge in [0.1, 0.15) is 11.6 Å². The molecule has 4 atom stereocenters. The van der Waals surface area contributed by atoms with Gasteiger partial charge in [-0.25, -0.2) is 9.18 Å². The van der Waals surface area contributed by atoms with Crippen LogP contribution in [-0.2, 0) is 0 Å². The van der Waals surface area contributed by atoms with Crippen LogP contribution in [0.2, 0.25) is 0 Å². The number of rotatable bonds is 6. The molecule has 0 spiro atoms. The lowest BCUT2D eigenvalue weighted by atomic mass is 9.63. The van der Waals surface area contributed by atoms with Crippen LogP contribution in [0.4, 0.5) is 4.39 Å². The number of unbranched alkanes of at least 4 members (excludes halogenated alkanes) is 1. The maximum atomic E-state index is 15.0. The largest absolute Gasteiger partial charge is 0.423 e. The summed E-state index contributed by atoms with van der Waals surface area (Å²) in [5.41, 5.74) is 1.44. The second kappa shape index (κ2) is 10.3. The van der Waals surface area contributed by atoms with E-state index in [0.717, 1.165) is 30.2 Å². The van der Waals surface area contributed by atoms with Crippen molar-refractivity contribution in [3.8, 4) is 11.8 Å². The summed E-state index contributed by atoms with van der Waals surface area (Å²) in [4.78, 5) is 12.4. The normalized spacial score (nSPS) is 24.9. The fourth-order valence-corrected chi connectivity index (χ4v) is 5.77. The van der Waals surface area contributed by atoms with E-state index < -0.39 is 5.97 Å². The molecule has 4 rings (SSSR count). The maximum absolute atomic E-state index is 15.0. The summed E-state index contributed by atoms with van der Waals surface area (Å²) < 4.78 is 20.3. The van der Waals surface area contributed by atoms with Crippen molar-refractivity contribution in [3.63, 3.8) is 0 Å². The molecule has 32 heavy (non-hydrogen) atoms. The lowest BCUT2D eigenvalue weighted by molar-refractivity contribution is 0.0734. The summed E-state index contributed by atoms with van der Waals surface area (Å²) >= 11 is 0. The minimum Gasteiger partial charge on any atom is -0.423 e. The zero-order valence-electron chi connectivity index (χ0n) is 18.9. The van der Waals surface area contributed by atoms with Gasteiger partial charge in [0.2, 0.25) is 0 Å². The first-order chi connectivity index (χ1) is 15.6. The smallest absolute Gasteiger partial charge is 0.343 e. The van der Waals surface area contributed by atoms with Gasteiger partial charge in [-0.3, -0.25) is 0 Å². The molecular formula is C28H32FNO2. The predicted octanol–water partition coefficient (Wildman–Crippen LogP) is 7.41. The van der Waals surface area contributed by atoms with Crippen molar-refractivity contribution in [3.05, 3.63) is 65.0 Å². The van der Waals surface area contributed by atoms with E-state index >= 15 is 4.39 Å².